The quantitative estimate of drug-likeness (QED) is 0.566. The highest BCUT2D eigenvalue weighted by molar-refractivity contribution is 5.53. The fraction of sp³-hybridized carbons (Fsp3) is 0.682. The van der Waals surface area contributed by atoms with Crippen LogP contribution in [0.4, 0.5) is 0 Å². The van der Waals surface area contributed by atoms with Crippen molar-refractivity contribution in [3.05, 3.63) is 34.4 Å². The summed E-state index contributed by atoms with van der Waals surface area (Å²) in [5.74, 6) is 1.54. The Balaban J connectivity index is 0.00000288. The highest BCUT2D eigenvalue weighted by Crippen LogP contribution is 2.41. The molecule has 1 aliphatic rings. The number of benzene rings is 1. The van der Waals surface area contributed by atoms with E-state index in [1.165, 1.54) is 42.4 Å². The molecule has 1 nitrogen and oxygen atoms in total. The minimum atomic E-state index is 0. The maximum atomic E-state index is 9.81. The predicted octanol–water partition coefficient (Wildman–Crippen LogP) is 6.69. The molecular weight excluding hydrogens is 278 g/mol. The molecular formula is C22H35N. The van der Waals surface area contributed by atoms with Gasteiger partial charge in [0.1, 0.15) is 0 Å². The zero-order chi connectivity index (χ0) is 17.4. The van der Waals surface area contributed by atoms with Crippen molar-refractivity contribution in [3.8, 4) is 6.07 Å². The van der Waals surface area contributed by atoms with E-state index >= 15 is 0 Å². The fourth-order valence-electron chi connectivity index (χ4n) is 3.80. The summed E-state index contributed by atoms with van der Waals surface area (Å²) in [4.78, 5) is 0. The van der Waals surface area contributed by atoms with E-state index in [1.54, 1.807) is 0 Å². The number of hydrogen-bond donors (Lipinski definition) is 0. The molecule has 1 saturated carbocycles. The first-order valence-corrected chi connectivity index (χ1v) is 9.13. The van der Waals surface area contributed by atoms with Crippen LogP contribution >= 0.6 is 0 Å². The number of nitriles is 1. The van der Waals surface area contributed by atoms with Crippen LogP contribution in [0.1, 0.15) is 104 Å². The average Bonchev–Trinajstić information content (AvgIpc) is 2.44. The molecule has 0 saturated heterocycles. The van der Waals surface area contributed by atoms with Crippen molar-refractivity contribution in [1.29, 1.82) is 5.26 Å². The average molecular weight is 314 g/mol. The third-order valence-electron chi connectivity index (χ3n) is 5.38. The maximum Gasteiger partial charge on any atom is 0.0997 e. The lowest BCUT2D eigenvalue weighted by atomic mass is 9.72. The fourth-order valence-corrected chi connectivity index (χ4v) is 3.80. The van der Waals surface area contributed by atoms with E-state index < -0.39 is 0 Å². The molecule has 1 heteroatoms. The van der Waals surface area contributed by atoms with E-state index in [1.807, 2.05) is 0 Å². The van der Waals surface area contributed by atoms with Crippen LogP contribution < -0.4 is 0 Å². The lowest BCUT2D eigenvalue weighted by Gasteiger charge is -2.32. The van der Waals surface area contributed by atoms with Crippen molar-refractivity contribution in [2.24, 2.45) is 5.92 Å². The van der Waals surface area contributed by atoms with Crippen molar-refractivity contribution in [3.63, 3.8) is 0 Å². The smallest absolute Gasteiger partial charge is 0.0997 e. The van der Waals surface area contributed by atoms with Crippen LogP contribution in [-0.2, 0) is 10.8 Å². The van der Waals surface area contributed by atoms with E-state index in [0.29, 0.717) is 5.92 Å². The first-order valence-electron chi connectivity index (χ1n) is 9.13. The van der Waals surface area contributed by atoms with Crippen molar-refractivity contribution >= 4 is 0 Å². The Morgan fingerprint density at radius 1 is 0.913 bits per heavy atom. The van der Waals surface area contributed by atoms with Crippen LogP contribution in [0.15, 0.2) is 12.1 Å². The van der Waals surface area contributed by atoms with Crippen LogP contribution in [0.25, 0.3) is 0 Å². The summed E-state index contributed by atoms with van der Waals surface area (Å²) in [6.07, 6.45) is 5.25. The molecule has 0 bridgehead atoms. The van der Waals surface area contributed by atoms with Gasteiger partial charge in [0.05, 0.1) is 11.6 Å². The number of hydrogen-bond acceptors (Lipinski definition) is 1. The van der Waals surface area contributed by atoms with E-state index in [4.69, 9.17) is 0 Å². The van der Waals surface area contributed by atoms with Crippen molar-refractivity contribution < 1.29 is 1.43 Å². The van der Waals surface area contributed by atoms with Gasteiger partial charge in [-0.1, -0.05) is 73.4 Å². The summed E-state index contributed by atoms with van der Waals surface area (Å²) in [7, 11) is 0. The second-order valence-electron chi connectivity index (χ2n) is 9.56. The summed E-state index contributed by atoms with van der Waals surface area (Å²) in [5.41, 5.74) is 4.82. The van der Waals surface area contributed by atoms with E-state index in [0.717, 1.165) is 11.5 Å². The van der Waals surface area contributed by atoms with Gasteiger partial charge < -0.3 is 0 Å². The van der Waals surface area contributed by atoms with Gasteiger partial charge in [-0.2, -0.15) is 5.26 Å². The normalized spacial score (nSPS) is 22.7. The molecule has 0 aliphatic heterocycles. The monoisotopic (exact) mass is 313 g/mol. The lowest BCUT2D eigenvalue weighted by Crippen LogP contribution is -2.22. The Morgan fingerprint density at radius 2 is 1.35 bits per heavy atom. The van der Waals surface area contributed by atoms with Crippen molar-refractivity contribution in [2.45, 2.75) is 90.9 Å². The number of nitrogens with zero attached hydrogens (tertiary/aromatic N) is 1. The van der Waals surface area contributed by atoms with Gasteiger partial charge in [-0.3, -0.25) is 0 Å². The molecule has 0 heterocycles. The van der Waals surface area contributed by atoms with Crippen molar-refractivity contribution in [2.75, 3.05) is 0 Å². The van der Waals surface area contributed by atoms with Crippen LogP contribution in [0, 0.1) is 17.2 Å². The van der Waals surface area contributed by atoms with Gasteiger partial charge in [-0.15, -0.1) is 0 Å². The highest BCUT2D eigenvalue weighted by atomic mass is 14.4. The Kier molecular flexibility index (Phi) is 4.95. The maximum absolute atomic E-state index is 9.81. The van der Waals surface area contributed by atoms with Crippen LogP contribution in [0.5, 0.6) is 0 Å². The first kappa shape index (κ1) is 18.1. The molecule has 0 spiro atoms. The van der Waals surface area contributed by atoms with Crippen molar-refractivity contribution in [1.82, 2.24) is 0 Å². The topological polar surface area (TPSA) is 23.8 Å². The first-order chi connectivity index (χ1) is 10.5. The predicted molar refractivity (Wildman–Crippen MR) is 101 cm³/mol. The van der Waals surface area contributed by atoms with Gasteiger partial charge in [0.25, 0.3) is 0 Å². The molecule has 0 unspecified atom stereocenters. The lowest BCUT2D eigenvalue weighted by molar-refractivity contribution is 0.347. The molecule has 0 aromatic heterocycles. The zero-order valence-electron chi connectivity index (χ0n) is 16.1. The molecule has 23 heavy (non-hydrogen) atoms. The van der Waals surface area contributed by atoms with Gasteiger partial charge in [-0.25, -0.2) is 0 Å². The van der Waals surface area contributed by atoms with Gasteiger partial charge in [-0.05, 0) is 52.2 Å². The summed E-state index contributed by atoms with van der Waals surface area (Å²) in [5, 5.41) is 9.81. The molecule has 1 aromatic carbocycles. The SMILES string of the molecule is CC1CCC(c2cc(C(C)(C)C)c(C#N)c(C(C)(C)C)c2)CC1.[HH]. The molecule has 128 valence electrons. The Hall–Kier alpha value is -1.29. The summed E-state index contributed by atoms with van der Waals surface area (Å²) >= 11 is 0. The number of rotatable bonds is 1. The van der Waals surface area contributed by atoms with Gasteiger partial charge in [0, 0.05) is 1.43 Å². The van der Waals surface area contributed by atoms with Gasteiger partial charge >= 0.3 is 0 Å². The Labute approximate surface area is 144 Å². The van der Waals surface area contributed by atoms with E-state index in [2.05, 4.69) is 66.7 Å². The highest BCUT2D eigenvalue weighted by Gasteiger charge is 2.29. The minimum Gasteiger partial charge on any atom is -0.192 e. The zero-order valence-corrected chi connectivity index (χ0v) is 16.1. The van der Waals surface area contributed by atoms with Gasteiger partial charge in [0.15, 0.2) is 0 Å². The molecule has 2 rings (SSSR count). The molecule has 0 amide bonds. The molecule has 1 aromatic rings. The Morgan fingerprint density at radius 3 is 1.70 bits per heavy atom. The van der Waals surface area contributed by atoms with Crippen LogP contribution in [0.3, 0.4) is 0 Å². The molecule has 0 atom stereocenters. The summed E-state index contributed by atoms with van der Waals surface area (Å²) in [6.45, 7) is 15.7. The van der Waals surface area contributed by atoms with Crippen LogP contribution in [0.2, 0.25) is 0 Å². The third-order valence-corrected chi connectivity index (χ3v) is 5.38. The standard InChI is InChI=1S/C22H33N.H2/c1-15-8-10-16(11-9-15)17-12-19(21(2,3)4)18(14-23)20(13-17)22(5,6)7;/h12-13,15-16H,8-11H2,1-7H3;1H. The second kappa shape index (κ2) is 6.31. The van der Waals surface area contributed by atoms with Crippen LogP contribution in [-0.4, -0.2) is 0 Å². The molecule has 0 radical (unpaired) electrons. The largest absolute Gasteiger partial charge is 0.192 e. The third kappa shape index (κ3) is 3.97. The van der Waals surface area contributed by atoms with Gasteiger partial charge in [0.2, 0.25) is 0 Å². The molecule has 1 fully saturated rings. The molecule has 0 N–H and O–H groups in total. The Bertz CT molecular complexity index is 567. The molecule has 1 aliphatic carbocycles. The van der Waals surface area contributed by atoms with E-state index in [9.17, 15) is 5.26 Å². The van der Waals surface area contributed by atoms with E-state index in [-0.39, 0.29) is 12.3 Å². The summed E-state index contributed by atoms with van der Waals surface area (Å²) in [6, 6.07) is 7.20. The minimum absolute atomic E-state index is 0. The summed E-state index contributed by atoms with van der Waals surface area (Å²) < 4.78 is 0. The second-order valence-corrected chi connectivity index (χ2v) is 9.56.